The van der Waals surface area contributed by atoms with Gasteiger partial charge in [-0.3, -0.25) is 4.79 Å². The Morgan fingerprint density at radius 1 is 0.897 bits per heavy atom. The molecule has 0 bridgehead atoms. The molecule has 1 aliphatic carbocycles. The quantitative estimate of drug-likeness (QED) is 0.693. The van der Waals surface area contributed by atoms with Crippen molar-refractivity contribution in [2.45, 2.75) is 16.1 Å². The van der Waals surface area contributed by atoms with E-state index < -0.39 is 32.6 Å². The number of hydrogen-bond donors (Lipinski definition) is 1. The number of carbonyl (C=O) groups is 1. The van der Waals surface area contributed by atoms with Crippen LogP contribution in [-0.2, 0) is 21.0 Å². The summed E-state index contributed by atoms with van der Waals surface area (Å²) in [5.74, 6) is -2.92. The molecule has 2 aliphatic rings. The third-order valence-electron chi connectivity index (χ3n) is 5.69. The summed E-state index contributed by atoms with van der Waals surface area (Å²) in [5.41, 5.74) is -0.907. The van der Waals surface area contributed by atoms with Crippen LogP contribution >= 0.6 is 11.6 Å². The van der Waals surface area contributed by atoms with Crippen molar-refractivity contribution in [3.63, 3.8) is 0 Å². The van der Waals surface area contributed by atoms with Gasteiger partial charge in [-0.05, 0) is 30.3 Å². The molecule has 5 rings (SSSR count). The zero-order valence-electron chi connectivity index (χ0n) is 15.0. The van der Waals surface area contributed by atoms with E-state index in [0.29, 0.717) is 16.3 Å². The van der Waals surface area contributed by atoms with E-state index in [-0.39, 0.29) is 16.0 Å². The van der Waals surface area contributed by atoms with Gasteiger partial charge in [0.05, 0.1) is 10.6 Å². The molecule has 0 saturated heterocycles. The Morgan fingerprint density at radius 2 is 1.52 bits per heavy atom. The third kappa shape index (κ3) is 2.31. The number of ketones is 1. The molecular weight excluding hydrogens is 412 g/mol. The third-order valence-corrected chi connectivity index (χ3v) is 7.74. The lowest BCUT2D eigenvalue weighted by molar-refractivity contribution is -0.158. The van der Waals surface area contributed by atoms with E-state index in [1.54, 1.807) is 48.5 Å². The molecule has 0 amide bonds. The van der Waals surface area contributed by atoms with Gasteiger partial charge in [-0.15, -0.1) is 0 Å². The molecule has 0 aromatic heterocycles. The van der Waals surface area contributed by atoms with Crippen molar-refractivity contribution in [2.24, 2.45) is 0 Å². The maximum atomic E-state index is 13.6. The Labute approximate surface area is 172 Å². The van der Waals surface area contributed by atoms with E-state index in [4.69, 9.17) is 16.3 Å². The van der Waals surface area contributed by atoms with Gasteiger partial charge in [-0.1, -0.05) is 54.1 Å². The van der Waals surface area contributed by atoms with Gasteiger partial charge in [0.2, 0.25) is 0 Å². The van der Waals surface area contributed by atoms with E-state index in [2.05, 4.69) is 0 Å². The highest BCUT2D eigenvalue weighted by Gasteiger charge is 2.71. The van der Waals surface area contributed by atoms with Crippen molar-refractivity contribution in [3.05, 3.63) is 94.5 Å². The Hall–Kier alpha value is -2.67. The van der Waals surface area contributed by atoms with Gasteiger partial charge in [0.1, 0.15) is 11.2 Å². The summed E-state index contributed by atoms with van der Waals surface area (Å²) < 4.78 is 32.5. The Balaban J connectivity index is 1.75. The average molecular weight is 427 g/mol. The number of halogens is 1. The molecule has 0 saturated carbocycles. The highest BCUT2D eigenvalue weighted by Crippen LogP contribution is 2.60. The van der Waals surface area contributed by atoms with Crippen molar-refractivity contribution >= 4 is 27.2 Å². The van der Waals surface area contributed by atoms with Crippen molar-refractivity contribution in [1.29, 1.82) is 0 Å². The first-order chi connectivity index (χ1) is 13.8. The number of rotatable bonds is 3. The number of carbonyl (C=O) groups excluding carboxylic acids is 1. The first kappa shape index (κ1) is 18.4. The first-order valence-electron chi connectivity index (χ1n) is 8.93. The molecule has 7 heteroatoms. The van der Waals surface area contributed by atoms with Crippen molar-refractivity contribution in [3.8, 4) is 5.75 Å². The van der Waals surface area contributed by atoms with Crippen molar-refractivity contribution in [1.82, 2.24) is 0 Å². The molecule has 2 atom stereocenters. The number of hydrogen-bond acceptors (Lipinski definition) is 5. The van der Waals surface area contributed by atoms with Gasteiger partial charge < -0.3 is 9.84 Å². The zero-order valence-corrected chi connectivity index (χ0v) is 16.6. The van der Waals surface area contributed by atoms with Gasteiger partial charge in [0, 0.05) is 21.7 Å². The largest absolute Gasteiger partial charge is 0.456 e. The maximum absolute atomic E-state index is 13.6. The standard InChI is InChI=1S/C22H15ClO5S/c23-14-9-11-15(12-10-14)29(26,27)13-21-18-7-3-4-8-19(18)28-22(21,25)17-6-2-1-5-16(17)20(21)24/h1-12,25H,13H2. The van der Waals surface area contributed by atoms with Crippen LogP contribution in [0.4, 0.5) is 0 Å². The van der Waals surface area contributed by atoms with Crippen LogP contribution in [0, 0.1) is 0 Å². The lowest BCUT2D eigenvalue weighted by Gasteiger charge is -2.33. The van der Waals surface area contributed by atoms with Crippen LogP contribution in [0.3, 0.4) is 0 Å². The average Bonchev–Trinajstić information content (AvgIpc) is 3.06. The van der Waals surface area contributed by atoms with Crippen LogP contribution in [0.5, 0.6) is 5.75 Å². The molecule has 0 fully saturated rings. The van der Waals surface area contributed by atoms with Crippen LogP contribution in [0.1, 0.15) is 21.5 Å². The fraction of sp³-hybridized carbons (Fsp3) is 0.136. The molecule has 0 radical (unpaired) electrons. The number of sulfone groups is 1. The van der Waals surface area contributed by atoms with Gasteiger partial charge in [-0.2, -0.15) is 0 Å². The summed E-state index contributed by atoms with van der Waals surface area (Å²) in [4.78, 5) is 13.6. The molecule has 2 unspecified atom stereocenters. The van der Waals surface area contributed by atoms with Gasteiger partial charge in [0.15, 0.2) is 15.6 Å². The van der Waals surface area contributed by atoms with Crippen LogP contribution in [0.25, 0.3) is 0 Å². The fourth-order valence-electron chi connectivity index (χ4n) is 4.36. The van der Waals surface area contributed by atoms with E-state index in [1.807, 2.05) is 0 Å². The Morgan fingerprint density at radius 3 is 2.24 bits per heavy atom. The number of Topliss-reactive ketones (excluding diaryl/α,β-unsaturated/α-hetero) is 1. The van der Waals surface area contributed by atoms with Crippen LogP contribution in [0.2, 0.25) is 5.02 Å². The monoisotopic (exact) mass is 426 g/mol. The van der Waals surface area contributed by atoms with E-state index in [9.17, 15) is 18.3 Å². The maximum Gasteiger partial charge on any atom is 0.254 e. The second-order valence-corrected chi connectivity index (χ2v) is 9.66. The normalized spacial score (nSPS) is 24.6. The van der Waals surface area contributed by atoms with Crippen molar-refractivity contribution in [2.75, 3.05) is 5.75 Å². The predicted octanol–water partition coefficient (Wildman–Crippen LogP) is 3.49. The summed E-state index contributed by atoms with van der Waals surface area (Å²) >= 11 is 5.88. The summed E-state index contributed by atoms with van der Waals surface area (Å²) in [6.07, 6.45) is 0. The summed E-state index contributed by atoms with van der Waals surface area (Å²) in [7, 11) is -3.97. The van der Waals surface area contributed by atoms with Crippen LogP contribution in [-0.4, -0.2) is 25.1 Å². The highest BCUT2D eigenvalue weighted by molar-refractivity contribution is 7.91. The minimum absolute atomic E-state index is 0.0202. The molecule has 146 valence electrons. The first-order valence-corrected chi connectivity index (χ1v) is 11.0. The van der Waals surface area contributed by atoms with Gasteiger partial charge in [-0.25, -0.2) is 8.42 Å². The summed E-state index contributed by atoms with van der Waals surface area (Å²) in [6, 6.07) is 18.9. The molecule has 29 heavy (non-hydrogen) atoms. The van der Waals surface area contributed by atoms with Crippen LogP contribution in [0.15, 0.2) is 77.7 Å². The molecule has 3 aromatic carbocycles. The fourth-order valence-corrected chi connectivity index (χ4v) is 6.25. The Kier molecular flexibility index (Phi) is 3.75. The number of ether oxygens (including phenoxy) is 1. The molecule has 1 N–H and O–H groups in total. The summed E-state index contributed by atoms with van der Waals surface area (Å²) in [5, 5.41) is 12.1. The van der Waals surface area contributed by atoms with Gasteiger partial charge in [0.25, 0.3) is 5.79 Å². The number of benzene rings is 3. The second-order valence-electron chi connectivity index (χ2n) is 7.24. The van der Waals surface area contributed by atoms with E-state index in [1.165, 1.54) is 24.3 Å². The second kappa shape index (κ2) is 5.92. The number of para-hydroxylation sites is 1. The number of aliphatic hydroxyl groups is 1. The highest BCUT2D eigenvalue weighted by atomic mass is 35.5. The topological polar surface area (TPSA) is 80.7 Å². The molecule has 0 spiro atoms. The molecule has 3 aromatic rings. The molecular formula is C22H15ClO5S. The zero-order chi connectivity index (χ0) is 20.4. The van der Waals surface area contributed by atoms with Crippen molar-refractivity contribution < 1.29 is 23.1 Å². The predicted molar refractivity (Wildman–Crippen MR) is 107 cm³/mol. The lowest BCUT2D eigenvalue weighted by Crippen LogP contribution is -2.53. The Bertz CT molecular complexity index is 1270. The van der Waals surface area contributed by atoms with Crippen LogP contribution < -0.4 is 4.74 Å². The minimum Gasteiger partial charge on any atom is -0.456 e. The minimum atomic E-state index is -3.97. The van der Waals surface area contributed by atoms with E-state index in [0.717, 1.165) is 0 Å². The SMILES string of the molecule is O=C1c2ccccc2C2(O)Oc3ccccc3C12CS(=O)(=O)c1ccc(Cl)cc1. The van der Waals surface area contributed by atoms with E-state index >= 15 is 0 Å². The summed E-state index contributed by atoms with van der Waals surface area (Å²) in [6.45, 7) is 0. The van der Waals surface area contributed by atoms with Gasteiger partial charge >= 0.3 is 0 Å². The number of fused-ring (bicyclic) bond motifs is 5. The molecule has 5 nitrogen and oxygen atoms in total. The lowest BCUT2D eigenvalue weighted by atomic mass is 9.76. The molecule has 1 heterocycles. The molecule has 1 aliphatic heterocycles. The smallest absolute Gasteiger partial charge is 0.254 e.